The molecule has 0 aliphatic heterocycles. The van der Waals surface area contributed by atoms with Gasteiger partial charge in [-0.3, -0.25) is 0 Å². The van der Waals surface area contributed by atoms with Gasteiger partial charge in [0.15, 0.2) is 0 Å². The van der Waals surface area contributed by atoms with Gasteiger partial charge in [0.25, 0.3) is 0 Å². The van der Waals surface area contributed by atoms with E-state index in [9.17, 15) is 38.9 Å². The van der Waals surface area contributed by atoms with Gasteiger partial charge in [-0.05, 0) is 39.2 Å². The molecule has 2 atom stereocenters. The average molecular weight is 477 g/mol. The second kappa shape index (κ2) is 13.0. The van der Waals surface area contributed by atoms with E-state index in [0.29, 0.717) is 0 Å². The first-order valence-corrected chi connectivity index (χ1v) is 11.5. The third-order valence-electron chi connectivity index (χ3n) is 4.36. The maximum atomic E-state index is 10.9. The second-order valence-corrected chi connectivity index (χ2v) is 9.54. The predicted octanol–water partition coefficient (Wildman–Crippen LogP) is -0.451. The van der Waals surface area contributed by atoms with Crippen LogP contribution in [0.2, 0.25) is 0 Å². The van der Waals surface area contributed by atoms with Gasteiger partial charge in [-0.25, -0.2) is 0 Å². The summed E-state index contributed by atoms with van der Waals surface area (Å²) in [4.78, 5) is 43.6. The molecule has 2 aromatic rings. The molecular formula is C18H22Mg2O8P2. The predicted molar refractivity (Wildman–Crippen MR) is 108 cm³/mol. The minimum atomic E-state index is -5.05. The Kier molecular flexibility index (Phi) is 14.1. The van der Waals surface area contributed by atoms with Gasteiger partial charge in [-0.15, -0.1) is 0 Å². The molecule has 2 rings (SSSR count). The first-order valence-electron chi connectivity index (χ1n) is 8.43. The van der Waals surface area contributed by atoms with Crippen LogP contribution in [-0.2, 0) is 19.8 Å². The molecule has 30 heavy (non-hydrogen) atoms. The molecule has 0 radical (unpaired) electrons. The number of benzene rings is 2. The van der Waals surface area contributed by atoms with E-state index in [1.54, 1.807) is 36.4 Å². The molecule has 0 saturated heterocycles. The van der Waals surface area contributed by atoms with E-state index in [2.05, 4.69) is 0 Å². The van der Waals surface area contributed by atoms with Gasteiger partial charge in [-0.1, -0.05) is 74.5 Å². The third-order valence-corrected chi connectivity index (χ3v) is 7.33. The van der Waals surface area contributed by atoms with Crippen molar-refractivity contribution in [3.05, 3.63) is 71.8 Å². The van der Waals surface area contributed by atoms with Crippen LogP contribution in [0, 0.1) is 0 Å². The van der Waals surface area contributed by atoms with E-state index in [1.165, 1.54) is 38.1 Å². The van der Waals surface area contributed by atoms with E-state index < -0.39 is 25.9 Å². The molecule has 2 unspecified atom stereocenters. The summed E-state index contributed by atoms with van der Waals surface area (Å²) in [5, 5.41) is 14.9. The van der Waals surface area contributed by atoms with E-state index >= 15 is 0 Å². The molecule has 0 heterocycles. The summed E-state index contributed by atoms with van der Waals surface area (Å²) >= 11 is 0. The smallest absolute Gasteiger partial charge is 0.808 e. The van der Waals surface area contributed by atoms with Crippen molar-refractivity contribution in [1.82, 2.24) is 0 Å². The maximum absolute atomic E-state index is 10.9. The minimum Gasteiger partial charge on any atom is -0.808 e. The van der Waals surface area contributed by atoms with Gasteiger partial charge < -0.3 is 38.9 Å². The van der Waals surface area contributed by atoms with Crippen LogP contribution >= 0.6 is 15.2 Å². The molecule has 8 nitrogen and oxygen atoms in total. The van der Waals surface area contributed by atoms with Crippen LogP contribution in [0.4, 0.5) is 0 Å². The Labute approximate surface area is 208 Å². The standard InChI is InChI=1S/2C9H13O4P.2Mg/c2*1-2-9(10,14(11,12)13)8-6-4-3-5-7-8;;/h2*3-7,10H,2H2,1H3,(H2,11,12,13);;/q;;2*+2/p-4. The SMILES string of the molecule is CCC(O)(c1ccccc1)P(=O)([O-])[O-].CCC(O)(c1ccccc1)P(=O)([O-])[O-].[Mg+2].[Mg+2]. The van der Waals surface area contributed by atoms with Crippen molar-refractivity contribution in [2.45, 2.75) is 37.4 Å². The topological polar surface area (TPSA) is 167 Å². The van der Waals surface area contributed by atoms with Gasteiger partial charge in [-0.2, -0.15) is 0 Å². The van der Waals surface area contributed by atoms with Gasteiger partial charge in [0.2, 0.25) is 0 Å². The van der Waals surface area contributed by atoms with Crippen molar-refractivity contribution in [1.29, 1.82) is 0 Å². The molecule has 0 saturated carbocycles. The first kappa shape index (κ1) is 32.4. The number of hydrogen-bond donors (Lipinski definition) is 2. The number of rotatable bonds is 6. The van der Waals surface area contributed by atoms with E-state index in [1.807, 2.05) is 0 Å². The zero-order valence-corrected chi connectivity index (χ0v) is 21.5. The molecular weight excluding hydrogens is 455 g/mol. The summed E-state index contributed by atoms with van der Waals surface area (Å²) in [6, 6.07) is 15.4. The minimum absolute atomic E-state index is 0. The van der Waals surface area contributed by atoms with Crippen LogP contribution in [0.5, 0.6) is 0 Å². The molecule has 0 bridgehead atoms. The first-order chi connectivity index (χ1) is 12.8. The van der Waals surface area contributed by atoms with Crippen LogP contribution in [0.3, 0.4) is 0 Å². The Morgan fingerprint density at radius 2 is 0.900 bits per heavy atom. The van der Waals surface area contributed by atoms with Crippen LogP contribution in [0.25, 0.3) is 0 Å². The van der Waals surface area contributed by atoms with Crippen molar-refractivity contribution in [3.63, 3.8) is 0 Å². The number of aliphatic hydroxyl groups is 2. The quantitative estimate of drug-likeness (QED) is 0.417. The molecule has 0 spiro atoms. The molecule has 0 aliphatic rings. The van der Waals surface area contributed by atoms with Crippen LogP contribution in [-0.4, -0.2) is 56.3 Å². The monoisotopic (exact) mass is 476 g/mol. The van der Waals surface area contributed by atoms with Crippen LogP contribution in [0.1, 0.15) is 37.8 Å². The normalized spacial score (nSPS) is 15.2. The van der Waals surface area contributed by atoms with Crippen molar-refractivity contribution >= 4 is 61.3 Å². The van der Waals surface area contributed by atoms with E-state index in [-0.39, 0.29) is 70.1 Å². The van der Waals surface area contributed by atoms with E-state index in [0.717, 1.165) is 0 Å². The van der Waals surface area contributed by atoms with Gasteiger partial charge in [0.1, 0.15) is 10.7 Å². The summed E-state index contributed by atoms with van der Waals surface area (Å²) in [5.74, 6) is 0. The molecule has 0 aromatic heterocycles. The third kappa shape index (κ3) is 7.65. The van der Waals surface area contributed by atoms with Crippen molar-refractivity contribution < 1.29 is 38.9 Å². The summed E-state index contributed by atoms with van der Waals surface area (Å²) < 4.78 is 21.8. The van der Waals surface area contributed by atoms with Gasteiger partial charge in [0, 0.05) is 0 Å². The summed E-state index contributed by atoms with van der Waals surface area (Å²) in [5.41, 5.74) is 0.242. The largest absolute Gasteiger partial charge is 2.00 e. The molecule has 2 aromatic carbocycles. The summed E-state index contributed by atoms with van der Waals surface area (Å²) in [6.45, 7) is 2.91. The van der Waals surface area contributed by atoms with Crippen LogP contribution in [0.15, 0.2) is 60.7 Å². The molecule has 0 aliphatic carbocycles. The van der Waals surface area contributed by atoms with Crippen molar-refractivity contribution in [3.8, 4) is 0 Å². The Morgan fingerprint density at radius 1 is 0.667 bits per heavy atom. The zero-order valence-electron chi connectivity index (χ0n) is 16.8. The maximum Gasteiger partial charge on any atom is 2.00 e. The molecule has 12 heteroatoms. The van der Waals surface area contributed by atoms with Crippen LogP contribution < -0.4 is 19.6 Å². The molecule has 0 fully saturated rings. The number of hydrogen-bond acceptors (Lipinski definition) is 8. The Hall–Kier alpha value is 0.192. The summed E-state index contributed by atoms with van der Waals surface area (Å²) in [6.07, 6.45) is -0.303. The zero-order chi connectivity index (χ0) is 21.6. The fourth-order valence-corrected chi connectivity index (χ4v) is 4.23. The van der Waals surface area contributed by atoms with Crippen molar-refractivity contribution in [2.75, 3.05) is 0 Å². The van der Waals surface area contributed by atoms with E-state index in [4.69, 9.17) is 0 Å². The molecule has 0 amide bonds. The van der Waals surface area contributed by atoms with Gasteiger partial charge in [0.05, 0.1) is 0 Å². The molecule has 156 valence electrons. The Morgan fingerprint density at radius 3 is 1.07 bits per heavy atom. The fourth-order valence-electron chi connectivity index (χ4n) is 2.52. The summed E-state index contributed by atoms with van der Waals surface area (Å²) in [7, 11) is -10.1. The average Bonchev–Trinajstić information content (AvgIpc) is 2.66. The molecule has 2 N–H and O–H groups in total. The van der Waals surface area contributed by atoms with Crippen molar-refractivity contribution in [2.24, 2.45) is 0 Å². The fraction of sp³-hybridized carbons (Fsp3) is 0.333. The Balaban J connectivity index is 0. The second-order valence-electron chi connectivity index (χ2n) is 6.07. The Bertz CT molecular complexity index is 772. The van der Waals surface area contributed by atoms with Gasteiger partial charge >= 0.3 is 46.1 Å².